The first-order chi connectivity index (χ1) is 7.53. The fraction of sp³-hybridized carbons (Fsp3) is 0.700. The molecular weight excluding hydrogens is 228 g/mol. The van der Waals surface area contributed by atoms with Gasteiger partial charge in [0.05, 0.1) is 11.5 Å². The minimum Gasteiger partial charge on any atom is -0.355 e. The summed E-state index contributed by atoms with van der Waals surface area (Å²) in [7, 11) is -2.98. The minimum absolute atomic E-state index is 0.0373. The van der Waals surface area contributed by atoms with Gasteiger partial charge in [-0.15, -0.1) is 12.3 Å². The zero-order valence-corrected chi connectivity index (χ0v) is 9.85. The Morgan fingerprint density at radius 3 is 2.94 bits per heavy atom. The lowest BCUT2D eigenvalue weighted by Gasteiger charge is -2.22. The summed E-state index contributed by atoms with van der Waals surface area (Å²) in [5, 5.41) is 5.66. The Bertz CT molecular complexity index is 383. The van der Waals surface area contributed by atoms with Crippen LogP contribution in [0.5, 0.6) is 0 Å². The monoisotopic (exact) mass is 244 g/mol. The Morgan fingerprint density at radius 1 is 1.56 bits per heavy atom. The van der Waals surface area contributed by atoms with Crippen molar-refractivity contribution in [1.29, 1.82) is 0 Å². The molecule has 5 nitrogen and oxygen atoms in total. The molecule has 1 saturated heterocycles. The number of carbonyl (C=O) groups excluding carboxylic acids is 1. The Labute approximate surface area is 95.9 Å². The topological polar surface area (TPSA) is 75.3 Å². The molecule has 1 atom stereocenters. The van der Waals surface area contributed by atoms with Crippen LogP contribution < -0.4 is 10.6 Å². The van der Waals surface area contributed by atoms with Gasteiger partial charge in [-0.05, 0) is 0 Å². The third-order valence-corrected chi connectivity index (χ3v) is 4.06. The predicted octanol–water partition coefficient (Wildman–Crippen LogP) is -1.10. The van der Waals surface area contributed by atoms with E-state index >= 15 is 0 Å². The second-order valence-electron chi connectivity index (χ2n) is 3.77. The first-order valence-electron chi connectivity index (χ1n) is 5.17. The van der Waals surface area contributed by atoms with Crippen LogP contribution in [-0.2, 0) is 14.6 Å². The van der Waals surface area contributed by atoms with Gasteiger partial charge in [0.15, 0.2) is 9.84 Å². The van der Waals surface area contributed by atoms with Crippen molar-refractivity contribution in [2.75, 3.05) is 24.6 Å². The average Bonchev–Trinajstić information content (AvgIpc) is 2.16. The van der Waals surface area contributed by atoms with Crippen LogP contribution in [0.15, 0.2) is 0 Å². The van der Waals surface area contributed by atoms with Crippen molar-refractivity contribution in [1.82, 2.24) is 10.6 Å². The molecule has 0 aliphatic carbocycles. The van der Waals surface area contributed by atoms with Crippen LogP contribution in [-0.4, -0.2) is 45.0 Å². The van der Waals surface area contributed by atoms with Crippen molar-refractivity contribution < 1.29 is 13.2 Å². The van der Waals surface area contributed by atoms with E-state index in [-0.39, 0.29) is 29.9 Å². The molecule has 0 aromatic heterocycles. The summed E-state index contributed by atoms with van der Waals surface area (Å²) < 4.78 is 22.6. The molecule has 1 aliphatic heterocycles. The Kier molecular flexibility index (Phi) is 4.77. The van der Waals surface area contributed by atoms with Crippen LogP contribution in [0.25, 0.3) is 0 Å². The van der Waals surface area contributed by atoms with Crippen molar-refractivity contribution in [3.63, 3.8) is 0 Å². The van der Waals surface area contributed by atoms with E-state index < -0.39 is 9.84 Å². The van der Waals surface area contributed by atoms with Gasteiger partial charge in [-0.1, -0.05) is 0 Å². The molecule has 0 saturated carbocycles. The van der Waals surface area contributed by atoms with Crippen LogP contribution >= 0.6 is 0 Å². The molecule has 0 spiro atoms. The zero-order chi connectivity index (χ0) is 12.0. The van der Waals surface area contributed by atoms with Gasteiger partial charge in [0.1, 0.15) is 0 Å². The van der Waals surface area contributed by atoms with Gasteiger partial charge >= 0.3 is 0 Å². The molecule has 0 aromatic rings. The minimum atomic E-state index is -2.98. The summed E-state index contributed by atoms with van der Waals surface area (Å²) in [6.45, 7) is 0.861. The Morgan fingerprint density at radius 2 is 2.31 bits per heavy atom. The van der Waals surface area contributed by atoms with Crippen molar-refractivity contribution in [2.45, 2.75) is 18.9 Å². The third-order valence-electron chi connectivity index (χ3n) is 2.32. The van der Waals surface area contributed by atoms with Crippen LogP contribution in [0.3, 0.4) is 0 Å². The van der Waals surface area contributed by atoms with Crippen molar-refractivity contribution in [2.24, 2.45) is 0 Å². The highest BCUT2D eigenvalue weighted by Gasteiger charge is 2.25. The molecule has 6 heteroatoms. The summed E-state index contributed by atoms with van der Waals surface area (Å²) in [6.07, 6.45) is 5.71. The fourth-order valence-corrected chi connectivity index (χ4v) is 3.01. The van der Waals surface area contributed by atoms with E-state index in [1.165, 1.54) is 0 Å². The molecule has 0 aromatic carbocycles. The molecular formula is C10H16N2O3S. The van der Waals surface area contributed by atoms with Gasteiger partial charge < -0.3 is 10.6 Å². The normalized spacial score (nSPS) is 23.3. The van der Waals surface area contributed by atoms with E-state index in [0.717, 1.165) is 0 Å². The summed E-state index contributed by atoms with van der Waals surface area (Å²) >= 11 is 0. The van der Waals surface area contributed by atoms with E-state index in [2.05, 4.69) is 16.6 Å². The summed E-state index contributed by atoms with van der Waals surface area (Å²) in [5.74, 6) is 2.44. The largest absolute Gasteiger partial charge is 0.355 e. The maximum absolute atomic E-state index is 11.4. The third kappa shape index (κ3) is 4.64. The molecule has 1 unspecified atom stereocenters. The number of hydrogen-bond acceptors (Lipinski definition) is 4. The smallest absolute Gasteiger partial charge is 0.221 e. The van der Waals surface area contributed by atoms with Crippen LogP contribution in [0.4, 0.5) is 0 Å². The summed E-state index contributed by atoms with van der Waals surface area (Å²) in [4.78, 5) is 11.4. The highest BCUT2D eigenvalue weighted by atomic mass is 32.2. The van der Waals surface area contributed by atoms with E-state index in [1.54, 1.807) is 0 Å². The van der Waals surface area contributed by atoms with Crippen molar-refractivity contribution in [3.8, 4) is 12.3 Å². The van der Waals surface area contributed by atoms with Crippen molar-refractivity contribution >= 4 is 15.7 Å². The number of amides is 1. The van der Waals surface area contributed by atoms with E-state index in [9.17, 15) is 13.2 Å². The number of carbonyl (C=O) groups is 1. The number of sulfone groups is 1. The number of rotatable bonds is 4. The molecule has 1 amide bonds. The second kappa shape index (κ2) is 5.87. The summed E-state index contributed by atoms with van der Waals surface area (Å²) in [6, 6.07) is -0.274. The van der Waals surface area contributed by atoms with Crippen LogP contribution in [0, 0.1) is 12.3 Å². The average molecular weight is 244 g/mol. The van der Waals surface area contributed by atoms with Gasteiger partial charge in [-0.25, -0.2) is 8.42 Å². The first kappa shape index (κ1) is 13.0. The van der Waals surface area contributed by atoms with E-state index in [0.29, 0.717) is 19.5 Å². The lowest BCUT2D eigenvalue weighted by atomic mass is 10.2. The van der Waals surface area contributed by atoms with Gasteiger partial charge in [0, 0.05) is 32.0 Å². The molecule has 1 rings (SSSR count). The first-order valence-corrected chi connectivity index (χ1v) is 6.99. The molecule has 0 radical (unpaired) electrons. The maximum Gasteiger partial charge on any atom is 0.221 e. The lowest BCUT2D eigenvalue weighted by molar-refractivity contribution is -0.121. The number of hydrogen-bond donors (Lipinski definition) is 2. The van der Waals surface area contributed by atoms with Gasteiger partial charge in [0.2, 0.25) is 5.91 Å². The zero-order valence-electron chi connectivity index (χ0n) is 9.03. The molecule has 1 aliphatic rings. The van der Waals surface area contributed by atoms with E-state index in [4.69, 9.17) is 6.42 Å². The second-order valence-corrected chi connectivity index (χ2v) is 6.00. The van der Waals surface area contributed by atoms with Crippen LogP contribution in [0.2, 0.25) is 0 Å². The van der Waals surface area contributed by atoms with Gasteiger partial charge in [-0.2, -0.15) is 0 Å². The summed E-state index contributed by atoms with van der Waals surface area (Å²) in [5.41, 5.74) is 0. The predicted molar refractivity (Wildman–Crippen MR) is 61.5 cm³/mol. The standard InChI is InChI=1S/C10H16N2O3S/c1-2-3-4-12-10(13)7-9-8-16(14,15)6-5-11-9/h1,9,11H,3-8H2,(H,12,13). The van der Waals surface area contributed by atoms with E-state index in [1.807, 2.05) is 0 Å². The Hall–Kier alpha value is -1.06. The quantitative estimate of drug-likeness (QED) is 0.486. The van der Waals surface area contributed by atoms with Gasteiger partial charge in [-0.3, -0.25) is 4.79 Å². The molecule has 1 heterocycles. The fourth-order valence-electron chi connectivity index (χ4n) is 1.57. The Balaban J connectivity index is 2.31. The molecule has 0 bridgehead atoms. The van der Waals surface area contributed by atoms with Crippen molar-refractivity contribution in [3.05, 3.63) is 0 Å². The number of terminal acetylenes is 1. The highest BCUT2D eigenvalue weighted by Crippen LogP contribution is 2.04. The molecule has 90 valence electrons. The SMILES string of the molecule is C#CCCNC(=O)CC1CS(=O)(=O)CCN1. The van der Waals surface area contributed by atoms with Crippen LogP contribution in [0.1, 0.15) is 12.8 Å². The number of nitrogens with one attached hydrogen (secondary N) is 2. The molecule has 2 N–H and O–H groups in total. The van der Waals surface area contributed by atoms with Gasteiger partial charge in [0.25, 0.3) is 0 Å². The maximum atomic E-state index is 11.4. The highest BCUT2D eigenvalue weighted by molar-refractivity contribution is 7.91. The molecule has 1 fully saturated rings. The molecule has 16 heavy (non-hydrogen) atoms. The lowest BCUT2D eigenvalue weighted by Crippen LogP contribution is -2.47.